The van der Waals surface area contributed by atoms with Crippen molar-refractivity contribution in [1.29, 1.82) is 0 Å². The summed E-state index contributed by atoms with van der Waals surface area (Å²) in [6.07, 6.45) is -1.21. The van der Waals surface area contributed by atoms with Gasteiger partial charge in [0.15, 0.2) is 11.5 Å². The molecular formula is C20H16F5N5. The van der Waals surface area contributed by atoms with Crippen LogP contribution in [0.1, 0.15) is 12.1 Å². The van der Waals surface area contributed by atoms with E-state index in [1.807, 2.05) is 0 Å². The minimum Gasteiger partial charge on any atom is -0.367 e. The van der Waals surface area contributed by atoms with Crippen LogP contribution in [-0.2, 0) is 6.18 Å². The highest BCUT2D eigenvalue weighted by Crippen LogP contribution is 2.31. The van der Waals surface area contributed by atoms with Gasteiger partial charge >= 0.3 is 6.18 Å². The molecule has 1 N–H and O–H groups in total. The Bertz CT molecular complexity index is 1040. The molecule has 0 spiro atoms. The van der Waals surface area contributed by atoms with Crippen molar-refractivity contribution in [3.05, 3.63) is 66.1 Å². The standard InChI is InChI=1S/C20H16F5N5/c21-13-1-2-16(15(22)9-13)30-8-5-14(11-30)27-18-10-17(20(23,24)25)28-19(29-18)12-3-6-26-7-4-12/h1-4,6-7,9-10,14H,5,8,11H2,(H,27,28,29). The van der Waals surface area contributed by atoms with Crippen molar-refractivity contribution in [3.63, 3.8) is 0 Å². The van der Waals surface area contributed by atoms with Gasteiger partial charge in [-0.15, -0.1) is 0 Å². The van der Waals surface area contributed by atoms with E-state index in [0.29, 0.717) is 25.1 Å². The zero-order chi connectivity index (χ0) is 21.3. The second kappa shape index (κ2) is 7.85. The summed E-state index contributed by atoms with van der Waals surface area (Å²) < 4.78 is 67.1. The van der Waals surface area contributed by atoms with E-state index in [1.54, 1.807) is 4.90 Å². The van der Waals surface area contributed by atoms with Gasteiger partial charge in [0.2, 0.25) is 0 Å². The van der Waals surface area contributed by atoms with Gasteiger partial charge in [-0.05, 0) is 30.7 Å². The Morgan fingerprint density at radius 1 is 1.00 bits per heavy atom. The predicted molar refractivity (Wildman–Crippen MR) is 101 cm³/mol. The predicted octanol–water partition coefficient (Wildman–Crippen LogP) is 4.53. The van der Waals surface area contributed by atoms with Gasteiger partial charge in [-0.1, -0.05) is 0 Å². The molecule has 1 aromatic carbocycles. The molecule has 1 aliphatic rings. The number of benzene rings is 1. The fourth-order valence-electron chi connectivity index (χ4n) is 3.34. The average Bonchev–Trinajstić information content (AvgIpc) is 3.16. The Morgan fingerprint density at radius 2 is 1.77 bits per heavy atom. The van der Waals surface area contributed by atoms with Gasteiger partial charge in [-0.25, -0.2) is 18.7 Å². The lowest BCUT2D eigenvalue weighted by Crippen LogP contribution is -2.27. The highest BCUT2D eigenvalue weighted by Gasteiger charge is 2.34. The summed E-state index contributed by atoms with van der Waals surface area (Å²) in [6, 6.07) is 6.95. The SMILES string of the molecule is Fc1ccc(N2CCC(Nc3cc(C(F)(F)F)nc(-c4ccncc4)n3)C2)c(F)c1. The molecule has 2 aromatic heterocycles. The first-order chi connectivity index (χ1) is 14.3. The Morgan fingerprint density at radius 3 is 2.47 bits per heavy atom. The van der Waals surface area contributed by atoms with E-state index in [-0.39, 0.29) is 23.4 Å². The maximum atomic E-state index is 14.0. The minimum absolute atomic E-state index is 0.0237. The second-order valence-electron chi connectivity index (χ2n) is 6.87. The summed E-state index contributed by atoms with van der Waals surface area (Å²) in [4.78, 5) is 13.4. The van der Waals surface area contributed by atoms with Crippen molar-refractivity contribution < 1.29 is 22.0 Å². The van der Waals surface area contributed by atoms with Crippen LogP contribution in [0.15, 0.2) is 48.8 Å². The number of aromatic nitrogens is 3. The third-order valence-corrected chi connectivity index (χ3v) is 4.75. The summed E-state index contributed by atoms with van der Waals surface area (Å²) in [5, 5.41) is 2.99. The molecule has 0 amide bonds. The molecular weight excluding hydrogens is 405 g/mol. The maximum Gasteiger partial charge on any atom is 0.433 e. The van der Waals surface area contributed by atoms with Gasteiger partial charge in [0, 0.05) is 49.2 Å². The van der Waals surface area contributed by atoms with Gasteiger partial charge < -0.3 is 10.2 Å². The Kier molecular flexibility index (Phi) is 5.23. The molecule has 1 fully saturated rings. The van der Waals surface area contributed by atoms with E-state index in [9.17, 15) is 22.0 Å². The Balaban J connectivity index is 1.57. The van der Waals surface area contributed by atoms with Crippen LogP contribution in [0, 0.1) is 11.6 Å². The molecule has 3 heterocycles. The molecule has 1 unspecified atom stereocenters. The molecule has 0 aliphatic carbocycles. The summed E-state index contributed by atoms with van der Waals surface area (Å²) >= 11 is 0. The highest BCUT2D eigenvalue weighted by atomic mass is 19.4. The number of alkyl halides is 3. The van der Waals surface area contributed by atoms with Crippen LogP contribution in [0.2, 0.25) is 0 Å². The van der Waals surface area contributed by atoms with Crippen molar-refractivity contribution in [2.45, 2.75) is 18.6 Å². The van der Waals surface area contributed by atoms with Gasteiger partial charge in [-0.3, -0.25) is 4.98 Å². The van der Waals surface area contributed by atoms with Crippen LogP contribution in [0.5, 0.6) is 0 Å². The van der Waals surface area contributed by atoms with Gasteiger partial charge in [0.1, 0.15) is 17.5 Å². The monoisotopic (exact) mass is 421 g/mol. The first-order valence-corrected chi connectivity index (χ1v) is 9.13. The fourth-order valence-corrected chi connectivity index (χ4v) is 3.34. The number of rotatable bonds is 4. The van der Waals surface area contributed by atoms with E-state index < -0.39 is 23.5 Å². The fraction of sp³-hybridized carbons (Fsp3) is 0.250. The maximum absolute atomic E-state index is 14.0. The molecule has 0 radical (unpaired) electrons. The summed E-state index contributed by atoms with van der Waals surface area (Å²) in [5.41, 5.74) is -0.413. The molecule has 30 heavy (non-hydrogen) atoms. The Labute approximate surface area is 168 Å². The van der Waals surface area contributed by atoms with E-state index in [4.69, 9.17) is 0 Å². The summed E-state index contributed by atoms with van der Waals surface area (Å²) in [6.45, 7) is 0.799. The van der Waals surface area contributed by atoms with Crippen LogP contribution in [-0.4, -0.2) is 34.1 Å². The molecule has 1 atom stereocenters. The molecule has 156 valence electrons. The van der Waals surface area contributed by atoms with Crippen molar-refractivity contribution >= 4 is 11.5 Å². The van der Waals surface area contributed by atoms with Gasteiger partial charge in [0.25, 0.3) is 0 Å². The lowest BCUT2D eigenvalue weighted by atomic mass is 10.2. The van der Waals surface area contributed by atoms with Crippen molar-refractivity contribution in [2.75, 3.05) is 23.3 Å². The van der Waals surface area contributed by atoms with Crippen LogP contribution in [0.4, 0.5) is 33.5 Å². The molecule has 0 bridgehead atoms. The van der Waals surface area contributed by atoms with Crippen LogP contribution in [0.3, 0.4) is 0 Å². The number of halogens is 5. The average molecular weight is 421 g/mol. The summed E-state index contributed by atoms with van der Waals surface area (Å²) in [7, 11) is 0. The number of hydrogen-bond acceptors (Lipinski definition) is 5. The van der Waals surface area contributed by atoms with Gasteiger partial charge in [-0.2, -0.15) is 13.2 Å². The number of nitrogens with zero attached hydrogens (tertiary/aromatic N) is 4. The van der Waals surface area contributed by atoms with Crippen LogP contribution in [0.25, 0.3) is 11.4 Å². The van der Waals surface area contributed by atoms with E-state index in [0.717, 1.165) is 12.1 Å². The van der Waals surface area contributed by atoms with Crippen LogP contribution >= 0.6 is 0 Å². The highest BCUT2D eigenvalue weighted by molar-refractivity contribution is 5.57. The largest absolute Gasteiger partial charge is 0.433 e. The molecule has 0 saturated carbocycles. The molecule has 3 aromatic rings. The molecule has 1 saturated heterocycles. The van der Waals surface area contributed by atoms with Crippen molar-refractivity contribution in [2.24, 2.45) is 0 Å². The molecule has 5 nitrogen and oxygen atoms in total. The van der Waals surface area contributed by atoms with E-state index in [1.165, 1.54) is 36.7 Å². The van der Waals surface area contributed by atoms with Gasteiger partial charge in [0.05, 0.1) is 5.69 Å². The normalized spacial score (nSPS) is 16.7. The lowest BCUT2D eigenvalue weighted by Gasteiger charge is -2.20. The first-order valence-electron chi connectivity index (χ1n) is 9.13. The third kappa shape index (κ3) is 4.32. The van der Waals surface area contributed by atoms with E-state index in [2.05, 4.69) is 20.3 Å². The third-order valence-electron chi connectivity index (χ3n) is 4.75. The smallest absolute Gasteiger partial charge is 0.367 e. The molecule has 1 aliphatic heterocycles. The van der Waals surface area contributed by atoms with Crippen molar-refractivity contribution in [3.8, 4) is 11.4 Å². The minimum atomic E-state index is -4.64. The lowest BCUT2D eigenvalue weighted by molar-refractivity contribution is -0.141. The topological polar surface area (TPSA) is 53.9 Å². The first kappa shape index (κ1) is 20.0. The van der Waals surface area contributed by atoms with E-state index >= 15 is 0 Å². The number of anilines is 2. The van der Waals surface area contributed by atoms with Crippen LogP contribution < -0.4 is 10.2 Å². The summed E-state index contributed by atoms with van der Waals surface area (Å²) in [5.74, 6) is -1.41. The van der Waals surface area contributed by atoms with Crippen molar-refractivity contribution in [1.82, 2.24) is 15.0 Å². The Hall–Kier alpha value is -3.30. The zero-order valence-corrected chi connectivity index (χ0v) is 15.5. The number of hydrogen-bond donors (Lipinski definition) is 1. The second-order valence-corrected chi connectivity index (χ2v) is 6.87. The number of nitrogens with one attached hydrogen (secondary N) is 1. The zero-order valence-electron chi connectivity index (χ0n) is 15.5. The molecule has 4 rings (SSSR count). The quantitative estimate of drug-likeness (QED) is 0.628. The molecule has 10 heteroatoms. The number of pyridine rings is 1.